The number of furan rings is 1. The number of aliphatic imine (C=N–C) groups is 1. The van der Waals surface area contributed by atoms with Crippen LogP contribution in [-0.2, 0) is 19.6 Å². The quantitative estimate of drug-likeness (QED) is 0.521. The molecule has 28 heavy (non-hydrogen) atoms. The van der Waals surface area contributed by atoms with Crippen LogP contribution in [0.1, 0.15) is 36.1 Å². The lowest BCUT2D eigenvalue weighted by Crippen LogP contribution is -2.42. The van der Waals surface area contributed by atoms with Crippen LogP contribution in [0.25, 0.3) is 0 Å². The average Bonchev–Trinajstić information content (AvgIpc) is 3.37. The van der Waals surface area contributed by atoms with E-state index in [0.717, 1.165) is 36.6 Å². The van der Waals surface area contributed by atoms with Crippen molar-refractivity contribution in [3.8, 4) is 0 Å². The maximum atomic E-state index is 5.46. The highest BCUT2D eigenvalue weighted by Gasteiger charge is 2.24. The molecule has 2 N–H and O–H groups in total. The lowest BCUT2D eigenvalue weighted by Gasteiger charge is -2.20. The van der Waals surface area contributed by atoms with Crippen molar-refractivity contribution in [2.75, 3.05) is 20.4 Å². The van der Waals surface area contributed by atoms with E-state index in [4.69, 9.17) is 4.42 Å². The summed E-state index contributed by atoms with van der Waals surface area (Å²) in [7, 11) is 3.97. The van der Waals surface area contributed by atoms with Crippen molar-refractivity contribution in [1.29, 1.82) is 0 Å². The van der Waals surface area contributed by atoms with Gasteiger partial charge in [0.15, 0.2) is 5.96 Å². The zero-order chi connectivity index (χ0) is 19.8. The maximum Gasteiger partial charge on any atom is 0.191 e. The zero-order valence-corrected chi connectivity index (χ0v) is 18.0. The number of rotatable bonds is 8. The molecule has 2 aromatic rings. The molecule has 0 bridgehead atoms. The largest absolute Gasteiger partial charge is 0.468 e. The van der Waals surface area contributed by atoms with E-state index in [-0.39, 0.29) is 0 Å². The molecule has 0 aliphatic heterocycles. The van der Waals surface area contributed by atoms with Gasteiger partial charge in [-0.3, -0.25) is 9.89 Å². The van der Waals surface area contributed by atoms with E-state index >= 15 is 0 Å². The summed E-state index contributed by atoms with van der Waals surface area (Å²) < 4.78 is 5.46. The minimum atomic E-state index is 0.526. The summed E-state index contributed by atoms with van der Waals surface area (Å²) in [5.74, 6) is 1.88. The van der Waals surface area contributed by atoms with E-state index < -0.39 is 0 Å². The molecule has 1 aromatic carbocycles. The minimum absolute atomic E-state index is 0.526. The Morgan fingerprint density at radius 3 is 2.68 bits per heavy atom. The Morgan fingerprint density at radius 2 is 2.00 bits per heavy atom. The molecule has 1 aliphatic rings. The topological polar surface area (TPSA) is 52.8 Å². The highest BCUT2D eigenvalue weighted by Crippen LogP contribution is 2.28. The molecule has 0 amide bonds. The number of benzene rings is 1. The van der Waals surface area contributed by atoms with Gasteiger partial charge >= 0.3 is 0 Å². The van der Waals surface area contributed by atoms with Gasteiger partial charge in [-0.15, -0.1) is 0 Å². The molecule has 1 heterocycles. The Balaban J connectivity index is 1.53. The molecule has 1 aromatic heterocycles. The fourth-order valence-corrected chi connectivity index (χ4v) is 4.55. The first-order chi connectivity index (χ1) is 13.7. The Kier molecular flexibility index (Phi) is 7.86. The van der Waals surface area contributed by atoms with Gasteiger partial charge < -0.3 is 15.1 Å². The third-order valence-electron chi connectivity index (χ3n) is 5.29. The molecule has 0 spiro atoms. The van der Waals surface area contributed by atoms with Crippen molar-refractivity contribution in [2.24, 2.45) is 4.99 Å². The normalized spacial score (nSPS) is 19.9. The SMILES string of the molecule is CN=C(NCc1ccccc1CN(C)Cc1ccco1)NC1CCC(SC)C1. The third kappa shape index (κ3) is 6.04. The first kappa shape index (κ1) is 20.8. The van der Waals surface area contributed by atoms with Crippen LogP contribution in [0.2, 0.25) is 0 Å². The monoisotopic (exact) mass is 400 g/mol. The summed E-state index contributed by atoms with van der Waals surface area (Å²) in [4.78, 5) is 6.69. The van der Waals surface area contributed by atoms with Crippen molar-refractivity contribution >= 4 is 17.7 Å². The number of nitrogens with one attached hydrogen (secondary N) is 2. The summed E-state index contributed by atoms with van der Waals surface area (Å²) in [6, 6.07) is 13.1. The Labute approximate surface area is 173 Å². The van der Waals surface area contributed by atoms with Gasteiger partial charge in [-0.05, 0) is 55.8 Å². The second kappa shape index (κ2) is 10.6. The minimum Gasteiger partial charge on any atom is -0.468 e. The van der Waals surface area contributed by atoms with Crippen LogP contribution in [0.5, 0.6) is 0 Å². The molecular weight excluding hydrogens is 368 g/mol. The summed E-state index contributed by atoms with van der Waals surface area (Å²) >= 11 is 1.98. The molecule has 2 unspecified atom stereocenters. The van der Waals surface area contributed by atoms with Gasteiger partial charge in [-0.1, -0.05) is 24.3 Å². The molecule has 152 valence electrons. The van der Waals surface area contributed by atoms with E-state index in [1.807, 2.05) is 30.9 Å². The average molecular weight is 401 g/mol. The Hall–Kier alpha value is -1.92. The predicted octanol–water partition coefficient (Wildman–Crippen LogP) is 3.86. The van der Waals surface area contributed by atoms with Gasteiger partial charge in [0.2, 0.25) is 0 Å². The molecular formula is C22H32N4OS. The van der Waals surface area contributed by atoms with Crippen molar-refractivity contribution in [3.05, 3.63) is 59.5 Å². The molecule has 0 radical (unpaired) electrons. The van der Waals surface area contributed by atoms with Gasteiger partial charge in [-0.25, -0.2) is 0 Å². The molecule has 1 fully saturated rings. The fourth-order valence-electron chi connectivity index (χ4n) is 3.75. The van der Waals surface area contributed by atoms with Crippen LogP contribution >= 0.6 is 11.8 Å². The van der Waals surface area contributed by atoms with Crippen LogP contribution in [0.3, 0.4) is 0 Å². The van der Waals surface area contributed by atoms with E-state index in [2.05, 4.69) is 58.1 Å². The lowest BCUT2D eigenvalue weighted by atomic mass is 10.1. The van der Waals surface area contributed by atoms with Gasteiger partial charge in [0.25, 0.3) is 0 Å². The highest BCUT2D eigenvalue weighted by atomic mass is 32.2. The van der Waals surface area contributed by atoms with Crippen molar-refractivity contribution < 1.29 is 4.42 Å². The lowest BCUT2D eigenvalue weighted by molar-refractivity contribution is 0.287. The van der Waals surface area contributed by atoms with E-state index in [9.17, 15) is 0 Å². The van der Waals surface area contributed by atoms with Gasteiger partial charge in [0.1, 0.15) is 5.76 Å². The first-order valence-corrected chi connectivity index (χ1v) is 11.2. The third-order valence-corrected chi connectivity index (χ3v) is 6.39. The van der Waals surface area contributed by atoms with Crippen LogP contribution in [0.15, 0.2) is 52.1 Å². The van der Waals surface area contributed by atoms with Gasteiger partial charge in [0.05, 0.1) is 12.8 Å². The Morgan fingerprint density at radius 1 is 1.18 bits per heavy atom. The number of nitrogens with zero attached hydrogens (tertiary/aromatic N) is 2. The zero-order valence-electron chi connectivity index (χ0n) is 17.1. The molecule has 0 saturated heterocycles. The summed E-state index contributed by atoms with van der Waals surface area (Å²) in [5, 5.41) is 7.87. The van der Waals surface area contributed by atoms with Gasteiger partial charge in [0, 0.05) is 31.4 Å². The number of hydrogen-bond donors (Lipinski definition) is 2. The van der Waals surface area contributed by atoms with Crippen molar-refractivity contribution in [3.63, 3.8) is 0 Å². The molecule has 3 rings (SSSR count). The number of thioether (sulfide) groups is 1. The van der Waals surface area contributed by atoms with Crippen molar-refractivity contribution in [1.82, 2.24) is 15.5 Å². The maximum absolute atomic E-state index is 5.46. The van der Waals surface area contributed by atoms with Crippen molar-refractivity contribution in [2.45, 2.75) is 50.2 Å². The second-order valence-electron chi connectivity index (χ2n) is 7.46. The molecule has 1 saturated carbocycles. The summed E-state index contributed by atoms with van der Waals surface area (Å²) in [6.07, 6.45) is 7.67. The van der Waals surface area contributed by atoms with Crippen LogP contribution in [0, 0.1) is 0 Å². The number of guanidine groups is 1. The molecule has 6 heteroatoms. The van der Waals surface area contributed by atoms with Crippen LogP contribution in [0.4, 0.5) is 0 Å². The molecule has 5 nitrogen and oxygen atoms in total. The molecule has 2 atom stereocenters. The number of hydrogen-bond acceptors (Lipinski definition) is 4. The predicted molar refractivity (Wildman–Crippen MR) is 119 cm³/mol. The van der Waals surface area contributed by atoms with E-state index in [0.29, 0.717) is 6.04 Å². The van der Waals surface area contributed by atoms with Gasteiger partial charge in [-0.2, -0.15) is 11.8 Å². The smallest absolute Gasteiger partial charge is 0.191 e. The first-order valence-electron chi connectivity index (χ1n) is 9.95. The highest BCUT2D eigenvalue weighted by molar-refractivity contribution is 7.99. The van der Waals surface area contributed by atoms with Crippen LogP contribution < -0.4 is 10.6 Å². The van der Waals surface area contributed by atoms with Crippen LogP contribution in [-0.4, -0.2) is 42.5 Å². The summed E-state index contributed by atoms with van der Waals surface area (Å²) in [6.45, 7) is 2.45. The van der Waals surface area contributed by atoms with E-state index in [1.165, 1.54) is 30.4 Å². The fraction of sp³-hybridized carbons (Fsp3) is 0.500. The second-order valence-corrected chi connectivity index (χ2v) is 8.60. The van der Waals surface area contributed by atoms with E-state index in [1.54, 1.807) is 6.26 Å². The molecule has 1 aliphatic carbocycles. The summed E-state index contributed by atoms with van der Waals surface area (Å²) in [5.41, 5.74) is 2.62. The standard InChI is InChI=1S/C22H32N4OS/c1-23-22(25-19-10-11-21(13-19)28-3)24-14-17-7-4-5-8-18(17)15-26(2)16-20-9-6-12-27-20/h4-9,12,19,21H,10-11,13-16H2,1-3H3,(H2,23,24,25). The Bertz CT molecular complexity index is 747.